The zero-order chi connectivity index (χ0) is 10.4. The van der Waals surface area contributed by atoms with Crippen LogP contribution in [0.2, 0.25) is 0 Å². The molecule has 2 heteroatoms. The monoisotopic (exact) mass is 196 g/mol. The normalized spacial score (nSPS) is 18.6. The van der Waals surface area contributed by atoms with E-state index in [0.717, 1.165) is 0 Å². The summed E-state index contributed by atoms with van der Waals surface area (Å²) in [5.41, 5.74) is 0.499. The lowest BCUT2D eigenvalue weighted by Crippen LogP contribution is -2.14. The number of esters is 1. The van der Waals surface area contributed by atoms with Crippen LogP contribution in [0.15, 0.2) is 12.2 Å². The molecule has 0 amide bonds. The lowest BCUT2D eigenvalue weighted by atomic mass is 10.0. The highest BCUT2D eigenvalue weighted by molar-refractivity contribution is 5.86. The maximum Gasteiger partial charge on any atom is 0.333 e. The lowest BCUT2D eigenvalue weighted by Gasteiger charge is -2.13. The predicted octanol–water partition coefficient (Wildman–Crippen LogP) is 3.08. The SMILES string of the molecule is C=C(C)C(=O)OCC1CCCCCC1. The Kier molecular flexibility index (Phi) is 4.71. The molecule has 0 N–H and O–H groups in total. The summed E-state index contributed by atoms with van der Waals surface area (Å²) in [6, 6.07) is 0. The van der Waals surface area contributed by atoms with E-state index >= 15 is 0 Å². The fourth-order valence-electron chi connectivity index (χ4n) is 1.85. The van der Waals surface area contributed by atoms with Crippen molar-refractivity contribution >= 4 is 5.97 Å². The van der Waals surface area contributed by atoms with Gasteiger partial charge in [-0.3, -0.25) is 0 Å². The van der Waals surface area contributed by atoms with Gasteiger partial charge in [-0.1, -0.05) is 32.3 Å². The third-order valence-corrected chi connectivity index (χ3v) is 2.77. The van der Waals surface area contributed by atoms with E-state index in [1.54, 1.807) is 6.92 Å². The topological polar surface area (TPSA) is 26.3 Å². The molecule has 2 nitrogen and oxygen atoms in total. The highest BCUT2D eigenvalue weighted by Gasteiger charge is 2.14. The van der Waals surface area contributed by atoms with Crippen molar-refractivity contribution in [1.82, 2.24) is 0 Å². The molecule has 1 saturated carbocycles. The highest BCUT2D eigenvalue weighted by Crippen LogP contribution is 2.23. The molecule has 14 heavy (non-hydrogen) atoms. The van der Waals surface area contributed by atoms with Crippen LogP contribution in [0.3, 0.4) is 0 Å². The quantitative estimate of drug-likeness (QED) is 0.394. The van der Waals surface area contributed by atoms with Gasteiger partial charge >= 0.3 is 5.97 Å². The van der Waals surface area contributed by atoms with Crippen molar-refractivity contribution in [3.05, 3.63) is 12.2 Å². The number of carbonyl (C=O) groups excluding carboxylic acids is 1. The Hall–Kier alpha value is -0.790. The molecule has 0 atom stereocenters. The Bertz CT molecular complexity index is 200. The molecule has 80 valence electrons. The molecule has 0 aromatic rings. The van der Waals surface area contributed by atoms with Gasteiger partial charge in [-0.15, -0.1) is 0 Å². The third-order valence-electron chi connectivity index (χ3n) is 2.77. The Labute approximate surface area is 86.3 Å². The molecule has 1 rings (SSSR count). The number of ether oxygens (including phenoxy) is 1. The molecule has 0 bridgehead atoms. The summed E-state index contributed by atoms with van der Waals surface area (Å²) >= 11 is 0. The molecule has 0 aromatic heterocycles. The molecule has 0 aliphatic heterocycles. The molecule has 1 aliphatic carbocycles. The van der Waals surface area contributed by atoms with E-state index in [1.807, 2.05) is 0 Å². The Morgan fingerprint density at radius 1 is 1.29 bits per heavy atom. The van der Waals surface area contributed by atoms with Gasteiger partial charge in [0.1, 0.15) is 0 Å². The first-order valence-electron chi connectivity index (χ1n) is 5.53. The van der Waals surface area contributed by atoms with E-state index in [2.05, 4.69) is 6.58 Å². The van der Waals surface area contributed by atoms with Crippen molar-refractivity contribution < 1.29 is 9.53 Å². The second kappa shape index (κ2) is 5.84. The van der Waals surface area contributed by atoms with Gasteiger partial charge in [0, 0.05) is 5.57 Å². The van der Waals surface area contributed by atoms with Crippen molar-refractivity contribution in [1.29, 1.82) is 0 Å². The predicted molar refractivity (Wildman–Crippen MR) is 57.0 cm³/mol. The Morgan fingerprint density at radius 3 is 2.36 bits per heavy atom. The molecule has 1 aliphatic rings. The van der Waals surface area contributed by atoms with Crippen LogP contribution in [-0.4, -0.2) is 12.6 Å². The minimum Gasteiger partial charge on any atom is -0.462 e. The van der Waals surface area contributed by atoms with Crippen LogP contribution >= 0.6 is 0 Å². The van der Waals surface area contributed by atoms with E-state index < -0.39 is 0 Å². The molecule has 0 spiro atoms. The summed E-state index contributed by atoms with van der Waals surface area (Å²) in [7, 11) is 0. The average molecular weight is 196 g/mol. The van der Waals surface area contributed by atoms with Crippen LogP contribution in [0.25, 0.3) is 0 Å². The van der Waals surface area contributed by atoms with Gasteiger partial charge in [0.15, 0.2) is 0 Å². The van der Waals surface area contributed by atoms with Crippen LogP contribution in [0.1, 0.15) is 45.4 Å². The smallest absolute Gasteiger partial charge is 0.333 e. The molecule has 0 radical (unpaired) electrons. The number of hydrogen-bond acceptors (Lipinski definition) is 2. The van der Waals surface area contributed by atoms with E-state index in [0.29, 0.717) is 18.1 Å². The summed E-state index contributed by atoms with van der Waals surface area (Å²) in [5, 5.41) is 0. The summed E-state index contributed by atoms with van der Waals surface area (Å²) in [4.78, 5) is 11.1. The van der Waals surface area contributed by atoms with Crippen LogP contribution in [0.5, 0.6) is 0 Å². The summed E-state index contributed by atoms with van der Waals surface area (Å²) in [6.45, 7) is 5.84. The van der Waals surface area contributed by atoms with E-state index in [1.165, 1.54) is 38.5 Å². The maximum absolute atomic E-state index is 11.1. The van der Waals surface area contributed by atoms with Gasteiger partial charge in [-0.25, -0.2) is 4.79 Å². The molecule has 0 unspecified atom stereocenters. The lowest BCUT2D eigenvalue weighted by molar-refractivity contribution is -0.140. The third kappa shape index (κ3) is 3.95. The highest BCUT2D eigenvalue weighted by atomic mass is 16.5. The largest absolute Gasteiger partial charge is 0.462 e. The molecule has 0 heterocycles. The van der Waals surface area contributed by atoms with Crippen molar-refractivity contribution in [2.24, 2.45) is 5.92 Å². The molecular formula is C12H20O2. The van der Waals surface area contributed by atoms with Gasteiger partial charge in [0.05, 0.1) is 6.61 Å². The molecule has 1 fully saturated rings. The Balaban J connectivity index is 2.22. The minimum absolute atomic E-state index is 0.241. The maximum atomic E-state index is 11.1. The Morgan fingerprint density at radius 2 is 1.86 bits per heavy atom. The van der Waals surface area contributed by atoms with E-state index in [-0.39, 0.29) is 5.97 Å². The van der Waals surface area contributed by atoms with Crippen molar-refractivity contribution in [2.75, 3.05) is 6.61 Å². The molecular weight excluding hydrogens is 176 g/mol. The summed E-state index contributed by atoms with van der Waals surface area (Å²) < 4.78 is 5.16. The van der Waals surface area contributed by atoms with Crippen molar-refractivity contribution in [3.8, 4) is 0 Å². The first kappa shape index (κ1) is 11.3. The number of hydrogen-bond donors (Lipinski definition) is 0. The molecule has 0 saturated heterocycles. The first-order valence-corrected chi connectivity index (χ1v) is 5.53. The number of rotatable bonds is 3. The van der Waals surface area contributed by atoms with Crippen LogP contribution in [-0.2, 0) is 9.53 Å². The summed E-state index contributed by atoms with van der Waals surface area (Å²) in [5.74, 6) is 0.343. The average Bonchev–Trinajstić information content (AvgIpc) is 2.42. The van der Waals surface area contributed by atoms with Gasteiger partial charge < -0.3 is 4.74 Å². The van der Waals surface area contributed by atoms with E-state index in [4.69, 9.17) is 4.74 Å². The second-order valence-corrected chi connectivity index (χ2v) is 4.24. The first-order chi connectivity index (χ1) is 6.70. The van der Waals surface area contributed by atoms with Gasteiger partial charge in [-0.05, 0) is 25.7 Å². The minimum atomic E-state index is -0.241. The van der Waals surface area contributed by atoms with Crippen molar-refractivity contribution in [3.63, 3.8) is 0 Å². The second-order valence-electron chi connectivity index (χ2n) is 4.24. The van der Waals surface area contributed by atoms with Gasteiger partial charge in [0.2, 0.25) is 0 Å². The van der Waals surface area contributed by atoms with Crippen LogP contribution < -0.4 is 0 Å². The zero-order valence-electron chi connectivity index (χ0n) is 9.05. The summed E-state index contributed by atoms with van der Waals surface area (Å²) in [6.07, 6.45) is 7.67. The molecule has 0 aromatic carbocycles. The van der Waals surface area contributed by atoms with Crippen LogP contribution in [0.4, 0.5) is 0 Å². The standard InChI is InChI=1S/C12H20O2/c1-10(2)12(13)14-9-11-7-5-3-4-6-8-11/h11H,1,3-9H2,2H3. The zero-order valence-corrected chi connectivity index (χ0v) is 9.05. The fraction of sp³-hybridized carbons (Fsp3) is 0.750. The fourth-order valence-corrected chi connectivity index (χ4v) is 1.85. The van der Waals surface area contributed by atoms with Gasteiger partial charge in [-0.2, -0.15) is 0 Å². The van der Waals surface area contributed by atoms with E-state index in [9.17, 15) is 4.79 Å². The number of carbonyl (C=O) groups is 1. The van der Waals surface area contributed by atoms with Gasteiger partial charge in [0.25, 0.3) is 0 Å². The van der Waals surface area contributed by atoms with Crippen molar-refractivity contribution in [2.45, 2.75) is 45.4 Å². The van der Waals surface area contributed by atoms with Crippen LogP contribution in [0, 0.1) is 5.92 Å².